The van der Waals surface area contributed by atoms with Crippen LogP contribution in [0.4, 0.5) is 10.1 Å². The Morgan fingerprint density at radius 1 is 1.12 bits per heavy atom. The zero-order chi connectivity index (χ0) is 18.1. The summed E-state index contributed by atoms with van der Waals surface area (Å²) in [4.78, 5) is 2.45. The van der Waals surface area contributed by atoms with Crippen LogP contribution >= 0.6 is 0 Å². The molecule has 0 radical (unpaired) electrons. The molecule has 2 atom stereocenters. The number of hydrogen-bond acceptors (Lipinski definition) is 5. The largest absolute Gasteiger partial charge is 0.490 e. The number of fused-ring (bicyclic) bond motifs is 1. The van der Waals surface area contributed by atoms with E-state index in [4.69, 9.17) is 4.74 Å². The second kappa shape index (κ2) is 6.89. The maximum Gasteiger partial charge on any atom is 0.206 e. The Morgan fingerprint density at radius 3 is 2.69 bits per heavy atom. The SMILES string of the molecule is O=S(=O)(c1ccccc1)c1ccc2c(c1)OCCN2C1CCNCC1F. The molecule has 2 aromatic carbocycles. The standard InChI is InChI=1S/C19H21FN2O3S/c20-16-13-21-9-8-17(16)22-10-11-25-19-12-15(6-7-18(19)22)26(23,24)14-4-2-1-3-5-14/h1-7,12,16-17,21H,8-11,13H2. The van der Waals surface area contributed by atoms with E-state index in [9.17, 15) is 12.8 Å². The number of hydrogen-bond donors (Lipinski definition) is 1. The molecular formula is C19H21FN2O3S. The summed E-state index contributed by atoms with van der Waals surface area (Å²) in [5.74, 6) is 0.499. The number of nitrogens with one attached hydrogen (secondary N) is 1. The first-order valence-electron chi connectivity index (χ1n) is 8.76. The number of alkyl halides is 1. The lowest BCUT2D eigenvalue weighted by atomic mass is 10.0. The number of halogens is 1. The van der Waals surface area contributed by atoms with Gasteiger partial charge >= 0.3 is 0 Å². The van der Waals surface area contributed by atoms with Crippen LogP contribution in [-0.4, -0.2) is 46.9 Å². The molecule has 2 unspecified atom stereocenters. The second-order valence-electron chi connectivity index (χ2n) is 6.56. The van der Waals surface area contributed by atoms with Crippen molar-refractivity contribution in [1.82, 2.24) is 5.32 Å². The Kier molecular flexibility index (Phi) is 4.58. The summed E-state index contributed by atoms with van der Waals surface area (Å²) in [6.45, 7) is 2.14. The molecule has 5 nitrogen and oxygen atoms in total. The average Bonchev–Trinajstić information content (AvgIpc) is 2.68. The third-order valence-electron chi connectivity index (χ3n) is 4.97. The highest BCUT2D eigenvalue weighted by Gasteiger charge is 2.33. The van der Waals surface area contributed by atoms with Crippen molar-refractivity contribution >= 4 is 15.5 Å². The van der Waals surface area contributed by atoms with E-state index in [0.717, 1.165) is 12.2 Å². The van der Waals surface area contributed by atoms with Gasteiger partial charge in [-0.15, -0.1) is 0 Å². The van der Waals surface area contributed by atoms with Crippen molar-refractivity contribution in [1.29, 1.82) is 0 Å². The van der Waals surface area contributed by atoms with Crippen LogP contribution in [0, 0.1) is 0 Å². The molecule has 1 fully saturated rings. The van der Waals surface area contributed by atoms with E-state index in [2.05, 4.69) is 5.32 Å². The van der Waals surface area contributed by atoms with Gasteiger partial charge in [0.2, 0.25) is 9.84 Å². The fraction of sp³-hybridized carbons (Fsp3) is 0.368. The van der Waals surface area contributed by atoms with E-state index in [1.165, 1.54) is 0 Å². The number of benzene rings is 2. The van der Waals surface area contributed by atoms with Crippen molar-refractivity contribution in [3.63, 3.8) is 0 Å². The van der Waals surface area contributed by atoms with Crippen molar-refractivity contribution in [2.24, 2.45) is 0 Å². The molecule has 2 heterocycles. The molecule has 0 aliphatic carbocycles. The molecule has 1 saturated heterocycles. The van der Waals surface area contributed by atoms with Gasteiger partial charge < -0.3 is 15.0 Å². The van der Waals surface area contributed by atoms with Gasteiger partial charge in [0, 0.05) is 12.6 Å². The molecular weight excluding hydrogens is 355 g/mol. The van der Waals surface area contributed by atoms with Gasteiger partial charge in [0.05, 0.1) is 28.1 Å². The Balaban J connectivity index is 1.69. The summed E-state index contributed by atoms with van der Waals surface area (Å²) in [5.41, 5.74) is 0.762. The number of nitrogens with zero attached hydrogens (tertiary/aromatic N) is 1. The minimum absolute atomic E-state index is 0.186. The van der Waals surface area contributed by atoms with Crippen LogP contribution in [0.25, 0.3) is 0 Å². The molecule has 2 aromatic rings. The highest BCUT2D eigenvalue weighted by Crippen LogP contribution is 2.37. The minimum Gasteiger partial charge on any atom is -0.490 e. The van der Waals surface area contributed by atoms with Gasteiger partial charge in [-0.2, -0.15) is 0 Å². The summed E-state index contributed by atoms with van der Waals surface area (Å²) in [6, 6.07) is 13.0. The summed E-state index contributed by atoms with van der Waals surface area (Å²) in [6.07, 6.45) is -0.243. The lowest BCUT2D eigenvalue weighted by molar-refractivity contribution is 0.208. The predicted molar refractivity (Wildman–Crippen MR) is 97.3 cm³/mol. The normalized spacial score (nSPS) is 23.2. The Hall–Kier alpha value is -2.12. The number of sulfone groups is 1. The molecule has 0 saturated carbocycles. The predicted octanol–water partition coefficient (Wildman–Crippen LogP) is 2.42. The average molecular weight is 376 g/mol. The number of piperidine rings is 1. The van der Waals surface area contributed by atoms with Crippen molar-refractivity contribution in [3.05, 3.63) is 48.5 Å². The molecule has 4 rings (SSSR count). The van der Waals surface area contributed by atoms with Gasteiger partial charge in [-0.05, 0) is 37.2 Å². The third kappa shape index (κ3) is 3.05. The smallest absolute Gasteiger partial charge is 0.206 e. The fourth-order valence-corrected chi connectivity index (χ4v) is 4.92. The van der Waals surface area contributed by atoms with E-state index in [-0.39, 0.29) is 15.8 Å². The molecule has 2 aliphatic heterocycles. The van der Waals surface area contributed by atoms with Crippen LogP contribution < -0.4 is 15.0 Å². The lowest BCUT2D eigenvalue weighted by Gasteiger charge is -2.41. The second-order valence-corrected chi connectivity index (χ2v) is 8.51. The molecule has 0 spiro atoms. The van der Waals surface area contributed by atoms with Crippen LogP contribution in [0.5, 0.6) is 5.75 Å². The molecule has 26 heavy (non-hydrogen) atoms. The van der Waals surface area contributed by atoms with E-state index >= 15 is 0 Å². The molecule has 138 valence electrons. The third-order valence-corrected chi connectivity index (χ3v) is 6.74. The zero-order valence-electron chi connectivity index (χ0n) is 14.3. The highest BCUT2D eigenvalue weighted by atomic mass is 32.2. The molecule has 0 bridgehead atoms. The van der Waals surface area contributed by atoms with Gasteiger partial charge in [-0.3, -0.25) is 0 Å². The summed E-state index contributed by atoms with van der Waals surface area (Å²) in [5, 5.41) is 3.06. The lowest BCUT2D eigenvalue weighted by Crippen LogP contribution is -2.53. The van der Waals surface area contributed by atoms with Crippen LogP contribution in [0.2, 0.25) is 0 Å². The maximum absolute atomic E-state index is 14.4. The van der Waals surface area contributed by atoms with Crippen LogP contribution in [-0.2, 0) is 9.84 Å². The summed E-state index contributed by atoms with van der Waals surface area (Å²) >= 11 is 0. The minimum atomic E-state index is -3.61. The van der Waals surface area contributed by atoms with Crippen LogP contribution in [0.1, 0.15) is 6.42 Å². The first-order valence-corrected chi connectivity index (χ1v) is 10.2. The zero-order valence-corrected chi connectivity index (χ0v) is 15.1. The topological polar surface area (TPSA) is 58.6 Å². The van der Waals surface area contributed by atoms with Gasteiger partial charge in [-0.1, -0.05) is 18.2 Å². The van der Waals surface area contributed by atoms with Crippen molar-refractivity contribution in [2.75, 3.05) is 31.1 Å². The summed E-state index contributed by atoms with van der Waals surface area (Å²) in [7, 11) is -3.61. The van der Waals surface area contributed by atoms with E-state index in [1.54, 1.807) is 48.5 Å². The van der Waals surface area contributed by atoms with Gasteiger partial charge in [-0.25, -0.2) is 12.8 Å². The van der Waals surface area contributed by atoms with Gasteiger partial charge in [0.25, 0.3) is 0 Å². The van der Waals surface area contributed by atoms with Crippen LogP contribution in [0.15, 0.2) is 58.3 Å². The van der Waals surface area contributed by atoms with Gasteiger partial charge in [0.15, 0.2) is 0 Å². The maximum atomic E-state index is 14.4. The number of rotatable bonds is 3. The molecule has 7 heteroatoms. The van der Waals surface area contributed by atoms with E-state index in [0.29, 0.717) is 31.9 Å². The molecule has 1 N–H and O–H groups in total. The molecule has 2 aliphatic rings. The van der Waals surface area contributed by atoms with Crippen molar-refractivity contribution in [2.45, 2.75) is 28.4 Å². The van der Waals surface area contributed by atoms with Crippen molar-refractivity contribution < 1.29 is 17.5 Å². The molecule has 0 amide bonds. The number of ether oxygens (including phenoxy) is 1. The van der Waals surface area contributed by atoms with Gasteiger partial charge in [0.1, 0.15) is 18.5 Å². The van der Waals surface area contributed by atoms with E-state index in [1.807, 2.05) is 4.90 Å². The Morgan fingerprint density at radius 2 is 1.92 bits per heavy atom. The highest BCUT2D eigenvalue weighted by molar-refractivity contribution is 7.91. The summed E-state index contributed by atoms with van der Waals surface area (Å²) < 4.78 is 45.7. The fourth-order valence-electron chi connectivity index (χ4n) is 3.63. The molecule has 0 aromatic heterocycles. The number of anilines is 1. The first-order chi connectivity index (χ1) is 12.6. The monoisotopic (exact) mass is 376 g/mol. The quantitative estimate of drug-likeness (QED) is 0.892. The van der Waals surface area contributed by atoms with Crippen molar-refractivity contribution in [3.8, 4) is 5.75 Å². The Labute approximate surface area is 152 Å². The Bertz CT molecular complexity index is 889. The van der Waals surface area contributed by atoms with Crippen LogP contribution in [0.3, 0.4) is 0 Å². The van der Waals surface area contributed by atoms with E-state index < -0.39 is 16.0 Å². The first kappa shape index (κ1) is 17.3.